The van der Waals surface area contributed by atoms with Gasteiger partial charge in [-0.25, -0.2) is 19.3 Å². The summed E-state index contributed by atoms with van der Waals surface area (Å²) in [5.74, 6) is -0.973. The number of para-hydroxylation sites is 1. The van der Waals surface area contributed by atoms with Crippen LogP contribution < -0.4 is 10.6 Å². The number of alkyl halides is 1. The largest absolute Gasteiger partial charge is 0.353 e. The molecule has 2 atom stereocenters. The summed E-state index contributed by atoms with van der Waals surface area (Å²) in [7, 11) is 0. The summed E-state index contributed by atoms with van der Waals surface area (Å²) in [5, 5.41) is 7.43. The van der Waals surface area contributed by atoms with Gasteiger partial charge in [-0.15, -0.1) is 11.3 Å². The third-order valence-electron chi connectivity index (χ3n) is 7.04. The van der Waals surface area contributed by atoms with Crippen molar-refractivity contribution in [2.75, 3.05) is 11.9 Å². The normalized spacial score (nSPS) is 16.8. The summed E-state index contributed by atoms with van der Waals surface area (Å²) in [6, 6.07) is 12.2. The van der Waals surface area contributed by atoms with Gasteiger partial charge >= 0.3 is 0 Å². The predicted molar refractivity (Wildman–Crippen MR) is 154 cm³/mol. The van der Waals surface area contributed by atoms with Gasteiger partial charge in [0.05, 0.1) is 41.4 Å². The fraction of sp³-hybridized carbons (Fsp3) is 0.241. The number of thiazole rings is 1. The van der Waals surface area contributed by atoms with Crippen LogP contribution in [0.4, 0.5) is 15.8 Å². The maximum atomic E-state index is 14.5. The van der Waals surface area contributed by atoms with Crippen molar-refractivity contribution in [2.45, 2.75) is 38.6 Å². The number of carbonyl (C=O) groups is 3. The van der Waals surface area contributed by atoms with Gasteiger partial charge in [-0.05, 0) is 37.3 Å². The highest BCUT2D eigenvalue weighted by Crippen LogP contribution is 2.28. The molecule has 0 saturated carbocycles. The van der Waals surface area contributed by atoms with E-state index in [0.29, 0.717) is 22.2 Å². The molecular formula is C29H26FN7O3S. The molecule has 3 aromatic heterocycles. The van der Waals surface area contributed by atoms with Gasteiger partial charge in [0.2, 0.25) is 11.8 Å². The van der Waals surface area contributed by atoms with Crippen molar-refractivity contribution in [1.82, 2.24) is 29.7 Å². The number of likely N-dealkylation sites (tertiary alicyclic amines) is 1. The Kier molecular flexibility index (Phi) is 7.14. The molecular weight excluding hydrogens is 545 g/mol. The van der Waals surface area contributed by atoms with E-state index in [1.165, 1.54) is 29.5 Å². The Morgan fingerprint density at radius 1 is 1.10 bits per heavy atom. The zero-order valence-electron chi connectivity index (χ0n) is 22.1. The molecule has 0 bridgehead atoms. The molecule has 0 spiro atoms. The molecule has 5 aromatic rings. The molecule has 2 aromatic carbocycles. The predicted octanol–water partition coefficient (Wildman–Crippen LogP) is 4.24. The van der Waals surface area contributed by atoms with E-state index in [9.17, 15) is 18.8 Å². The van der Waals surface area contributed by atoms with Crippen LogP contribution >= 0.6 is 11.3 Å². The molecule has 0 unspecified atom stereocenters. The molecule has 41 heavy (non-hydrogen) atoms. The van der Waals surface area contributed by atoms with Gasteiger partial charge in [0.1, 0.15) is 30.1 Å². The van der Waals surface area contributed by atoms with E-state index in [-0.39, 0.29) is 31.8 Å². The maximum absolute atomic E-state index is 14.5. The van der Waals surface area contributed by atoms with Gasteiger partial charge in [-0.2, -0.15) is 0 Å². The molecule has 208 valence electrons. The standard InChI is InChI=1S/C29H26FN7O3S/c1-17(38)22-14-36(24-7-6-19(9-21(22)24)34-20-10-31-16-32-11-20)15-28(39)37-13-18(30)8-25(37)29(40)33-12-27-35-23-4-2-3-5-26(23)41-27/h2-7,9-11,14,16,18,25,34H,8,12-13,15H2,1H3,(H,33,40)/t18-,25+/m1/s1. The van der Waals surface area contributed by atoms with E-state index in [2.05, 4.69) is 25.6 Å². The van der Waals surface area contributed by atoms with E-state index < -0.39 is 24.0 Å². The van der Waals surface area contributed by atoms with Crippen molar-refractivity contribution in [1.29, 1.82) is 0 Å². The van der Waals surface area contributed by atoms with E-state index in [0.717, 1.165) is 20.9 Å². The number of benzene rings is 2. The van der Waals surface area contributed by atoms with Crippen LogP contribution in [0.1, 0.15) is 28.7 Å². The van der Waals surface area contributed by atoms with Crippen LogP contribution in [0.2, 0.25) is 0 Å². The molecule has 4 heterocycles. The number of nitrogens with zero attached hydrogens (tertiary/aromatic N) is 5. The van der Waals surface area contributed by atoms with Gasteiger partial charge in [0.15, 0.2) is 5.78 Å². The summed E-state index contributed by atoms with van der Waals surface area (Å²) in [6.45, 7) is 1.36. The fourth-order valence-corrected chi connectivity index (χ4v) is 6.05. The van der Waals surface area contributed by atoms with Crippen LogP contribution in [0.15, 0.2) is 67.4 Å². The Morgan fingerprint density at radius 3 is 2.68 bits per heavy atom. The minimum Gasteiger partial charge on any atom is -0.353 e. The number of carbonyl (C=O) groups excluding carboxylic acids is 3. The molecule has 12 heteroatoms. The molecule has 1 aliphatic rings. The molecule has 0 aliphatic carbocycles. The second-order valence-electron chi connectivity index (χ2n) is 9.90. The molecule has 2 amide bonds. The minimum atomic E-state index is -1.30. The first-order chi connectivity index (χ1) is 19.9. The Hall–Kier alpha value is -4.71. The smallest absolute Gasteiger partial charge is 0.243 e. The van der Waals surface area contributed by atoms with E-state index in [1.54, 1.807) is 23.2 Å². The van der Waals surface area contributed by atoms with Gasteiger partial charge in [-0.3, -0.25) is 14.4 Å². The van der Waals surface area contributed by atoms with Crippen LogP contribution in [0.5, 0.6) is 0 Å². The van der Waals surface area contributed by atoms with Crippen molar-refractivity contribution < 1.29 is 18.8 Å². The number of rotatable bonds is 8. The first kappa shape index (κ1) is 26.5. The first-order valence-corrected chi connectivity index (χ1v) is 13.9. The summed E-state index contributed by atoms with van der Waals surface area (Å²) >= 11 is 1.48. The number of anilines is 2. The van der Waals surface area contributed by atoms with Crippen molar-refractivity contribution >= 4 is 61.4 Å². The van der Waals surface area contributed by atoms with Gasteiger partial charge in [0.25, 0.3) is 0 Å². The van der Waals surface area contributed by atoms with Crippen LogP contribution in [0.3, 0.4) is 0 Å². The Balaban J connectivity index is 1.18. The third-order valence-corrected chi connectivity index (χ3v) is 8.08. The minimum absolute atomic E-state index is 0.0687. The number of hydrogen-bond acceptors (Lipinski definition) is 8. The quantitative estimate of drug-likeness (QED) is 0.267. The lowest BCUT2D eigenvalue weighted by Crippen LogP contribution is -2.46. The Bertz CT molecular complexity index is 1740. The summed E-state index contributed by atoms with van der Waals surface area (Å²) in [6.07, 6.45) is 4.95. The average Bonchev–Trinajstić information content (AvgIpc) is 3.67. The summed E-state index contributed by atoms with van der Waals surface area (Å²) in [5.41, 5.74) is 3.39. The maximum Gasteiger partial charge on any atom is 0.243 e. The molecule has 1 saturated heterocycles. The van der Waals surface area contributed by atoms with Crippen molar-refractivity contribution in [3.8, 4) is 0 Å². The highest BCUT2D eigenvalue weighted by atomic mass is 32.1. The first-order valence-electron chi connectivity index (χ1n) is 13.1. The number of aromatic nitrogens is 4. The monoisotopic (exact) mass is 571 g/mol. The fourth-order valence-electron chi connectivity index (χ4n) is 5.14. The lowest BCUT2D eigenvalue weighted by molar-refractivity contribution is -0.138. The SMILES string of the molecule is CC(=O)c1cn(CC(=O)N2C[C@H](F)C[C@H]2C(=O)NCc2nc3ccccc3s2)c2ccc(Nc3cncnc3)cc12. The van der Waals surface area contributed by atoms with Crippen molar-refractivity contribution in [2.24, 2.45) is 0 Å². The highest BCUT2D eigenvalue weighted by Gasteiger charge is 2.39. The Labute approximate surface area is 238 Å². The van der Waals surface area contributed by atoms with Crippen LogP contribution in [-0.4, -0.2) is 60.8 Å². The molecule has 2 N–H and O–H groups in total. The van der Waals surface area contributed by atoms with E-state index >= 15 is 0 Å². The van der Waals surface area contributed by atoms with Crippen LogP contribution in [0, 0.1) is 0 Å². The number of ketones is 1. The molecule has 1 aliphatic heterocycles. The average molecular weight is 572 g/mol. The topological polar surface area (TPSA) is 122 Å². The molecule has 10 nitrogen and oxygen atoms in total. The molecule has 6 rings (SSSR count). The second-order valence-corrected chi connectivity index (χ2v) is 11.0. The Morgan fingerprint density at radius 2 is 1.90 bits per heavy atom. The number of hydrogen-bond donors (Lipinski definition) is 2. The van der Waals surface area contributed by atoms with Crippen LogP contribution in [0.25, 0.3) is 21.1 Å². The van der Waals surface area contributed by atoms with E-state index in [1.807, 2.05) is 42.5 Å². The number of halogens is 1. The second kappa shape index (κ2) is 11.0. The molecule has 0 radical (unpaired) electrons. The number of nitrogens with one attached hydrogen (secondary N) is 2. The zero-order valence-corrected chi connectivity index (χ0v) is 22.9. The van der Waals surface area contributed by atoms with Crippen molar-refractivity contribution in [3.63, 3.8) is 0 Å². The molecule has 1 fully saturated rings. The highest BCUT2D eigenvalue weighted by molar-refractivity contribution is 7.18. The van der Waals surface area contributed by atoms with Gasteiger partial charge in [0, 0.05) is 34.8 Å². The van der Waals surface area contributed by atoms with Gasteiger partial charge in [-0.1, -0.05) is 12.1 Å². The number of amides is 2. The number of fused-ring (bicyclic) bond motifs is 2. The lowest BCUT2D eigenvalue weighted by Gasteiger charge is -2.24. The third kappa shape index (κ3) is 5.50. The van der Waals surface area contributed by atoms with Crippen LogP contribution in [-0.2, 0) is 22.7 Å². The number of Topliss-reactive ketones (excluding diaryl/α,β-unsaturated/α-hetero) is 1. The van der Waals surface area contributed by atoms with Gasteiger partial charge < -0.3 is 20.1 Å². The summed E-state index contributed by atoms with van der Waals surface area (Å²) in [4.78, 5) is 52.8. The van der Waals surface area contributed by atoms with Crippen molar-refractivity contribution in [3.05, 3.63) is 78.0 Å². The summed E-state index contributed by atoms with van der Waals surface area (Å²) < 4.78 is 17.2. The van der Waals surface area contributed by atoms with E-state index in [4.69, 9.17) is 0 Å². The zero-order chi connectivity index (χ0) is 28.5. The lowest BCUT2D eigenvalue weighted by atomic mass is 10.1.